The maximum atomic E-state index is 13.3. The van der Waals surface area contributed by atoms with E-state index in [4.69, 9.17) is 5.11 Å². The van der Waals surface area contributed by atoms with Crippen molar-refractivity contribution in [2.45, 2.75) is 25.7 Å². The fourth-order valence-corrected chi connectivity index (χ4v) is 4.58. The lowest BCUT2D eigenvalue weighted by Gasteiger charge is -2.40. The SMILES string of the molecule is Cc1cc(F)cc(C)c1S(=O)(=O)N1CC(C(C)C(=O)O)C1. The van der Waals surface area contributed by atoms with E-state index in [1.807, 2.05) is 0 Å². The molecule has 1 aliphatic rings. The van der Waals surface area contributed by atoms with Crippen LogP contribution >= 0.6 is 0 Å². The van der Waals surface area contributed by atoms with Crippen molar-refractivity contribution in [3.8, 4) is 0 Å². The van der Waals surface area contributed by atoms with Crippen LogP contribution in [0.5, 0.6) is 0 Å². The highest BCUT2D eigenvalue weighted by Gasteiger charge is 2.42. The molecule has 116 valence electrons. The fraction of sp³-hybridized carbons (Fsp3) is 0.500. The van der Waals surface area contributed by atoms with Crippen molar-refractivity contribution < 1.29 is 22.7 Å². The quantitative estimate of drug-likeness (QED) is 0.919. The van der Waals surface area contributed by atoms with Crippen molar-refractivity contribution in [2.75, 3.05) is 13.1 Å². The monoisotopic (exact) mass is 315 g/mol. The second-order valence-electron chi connectivity index (χ2n) is 5.58. The standard InChI is InChI=1S/C14H18FNO4S/c1-8-4-12(15)5-9(2)13(8)21(19,20)16-6-11(7-16)10(3)14(17)18/h4-5,10-11H,6-7H2,1-3H3,(H,17,18). The number of rotatable bonds is 4. The van der Waals surface area contributed by atoms with Crippen LogP contribution in [0.2, 0.25) is 0 Å². The molecular weight excluding hydrogens is 297 g/mol. The molecule has 0 radical (unpaired) electrons. The summed E-state index contributed by atoms with van der Waals surface area (Å²) >= 11 is 0. The van der Waals surface area contributed by atoms with Crippen molar-refractivity contribution in [1.82, 2.24) is 4.31 Å². The molecular formula is C14H18FNO4S. The van der Waals surface area contributed by atoms with E-state index in [-0.39, 0.29) is 23.9 Å². The predicted octanol–water partition coefficient (Wildman–Crippen LogP) is 1.78. The Labute approximate surface area is 123 Å². The van der Waals surface area contributed by atoms with Gasteiger partial charge in [-0.1, -0.05) is 6.92 Å². The van der Waals surface area contributed by atoms with Gasteiger partial charge in [0.25, 0.3) is 0 Å². The highest BCUT2D eigenvalue weighted by Crippen LogP contribution is 2.32. The molecule has 0 aliphatic carbocycles. The number of aryl methyl sites for hydroxylation is 2. The molecule has 1 aromatic rings. The summed E-state index contributed by atoms with van der Waals surface area (Å²) < 4.78 is 39.7. The summed E-state index contributed by atoms with van der Waals surface area (Å²) in [4.78, 5) is 11.0. The van der Waals surface area contributed by atoms with E-state index >= 15 is 0 Å². The first-order chi connectivity index (χ1) is 9.64. The zero-order chi connectivity index (χ0) is 15.9. The van der Waals surface area contributed by atoms with Gasteiger partial charge in [0.1, 0.15) is 5.82 Å². The molecule has 1 saturated heterocycles. The average Bonchev–Trinajstić information content (AvgIpc) is 2.23. The summed E-state index contributed by atoms with van der Waals surface area (Å²) in [5.41, 5.74) is 0.726. The maximum absolute atomic E-state index is 13.3. The molecule has 0 saturated carbocycles. The van der Waals surface area contributed by atoms with Crippen LogP contribution in [0.25, 0.3) is 0 Å². The molecule has 1 fully saturated rings. The molecule has 0 aromatic heterocycles. The van der Waals surface area contributed by atoms with Crippen molar-refractivity contribution in [3.05, 3.63) is 29.1 Å². The van der Waals surface area contributed by atoms with Crippen LogP contribution in [0.3, 0.4) is 0 Å². The number of sulfonamides is 1. The van der Waals surface area contributed by atoms with Gasteiger partial charge in [0.05, 0.1) is 10.8 Å². The van der Waals surface area contributed by atoms with Gasteiger partial charge in [-0.15, -0.1) is 0 Å². The van der Waals surface area contributed by atoms with Gasteiger partial charge >= 0.3 is 5.97 Å². The number of nitrogens with zero attached hydrogens (tertiary/aromatic N) is 1. The minimum atomic E-state index is -3.70. The zero-order valence-electron chi connectivity index (χ0n) is 12.1. The van der Waals surface area contributed by atoms with Gasteiger partial charge in [-0.25, -0.2) is 12.8 Å². The van der Waals surface area contributed by atoms with Crippen LogP contribution in [0.15, 0.2) is 17.0 Å². The number of carboxylic acid groups (broad SMARTS) is 1. The summed E-state index contributed by atoms with van der Waals surface area (Å²) in [6, 6.07) is 2.38. The highest BCUT2D eigenvalue weighted by atomic mass is 32.2. The molecule has 0 bridgehead atoms. The largest absolute Gasteiger partial charge is 0.481 e. The predicted molar refractivity (Wildman–Crippen MR) is 74.9 cm³/mol. The van der Waals surface area contributed by atoms with Gasteiger partial charge < -0.3 is 5.11 Å². The minimum absolute atomic E-state index is 0.116. The lowest BCUT2D eigenvalue weighted by molar-refractivity contribution is -0.144. The zero-order valence-corrected chi connectivity index (χ0v) is 12.9. The molecule has 2 rings (SSSR count). The Kier molecular flexibility index (Phi) is 4.08. The Hall–Kier alpha value is -1.47. The Morgan fingerprint density at radius 2 is 1.81 bits per heavy atom. The molecule has 1 atom stereocenters. The number of hydrogen-bond donors (Lipinski definition) is 1. The number of hydrogen-bond acceptors (Lipinski definition) is 3. The van der Waals surface area contributed by atoms with Gasteiger partial charge in [-0.05, 0) is 43.0 Å². The lowest BCUT2D eigenvalue weighted by atomic mass is 9.89. The van der Waals surface area contributed by atoms with E-state index in [0.29, 0.717) is 11.1 Å². The molecule has 1 heterocycles. The van der Waals surface area contributed by atoms with Gasteiger partial charge in [0.2, 0.25) is 10.0 Å². The molecule has 0 spiro atoms. The van der Waals surface area contributed by atoms with Crippen molar-refractivity contribution >= 4 is 16.0 Å². The topological polar surface area (TPSA) is 74.7 Å². The van der Waals surface area contributed by atoms with Crippen LogP contribution in [-0.4, -0.2) is 36.9 Å². The number of aliphatic carboxylic acids is 1. The third-order valence-corrected chi connectivity index (χ3v) is 6.13. The molecule has 1 unspecified atom stereocenters. The summed E-state index contributed by atoms with van der Waals surface area (Å²) in [5, 5.41) is 8.93. The van der Waals surface area contributed by atoms with Crippen LogP contribution in [-0.2, 0) is 14.8 Å². The van der Waals surface area contributed by atoms with E-state index in [9.17, 15) is 17.6 Å². The first-order valence-electron chi connectivity index (χ1n) is 6.64. The fourth-order valence-electron chi connectivity index (χ4n) is 2.62. The summed E-state index contributed by atoms with van der Waals surface area (Å²) in [6.07, 6.45) is 0. The lowest BCUT2D eigenvalue weighted by Crippen LogP contribution is -2.53. The normalized spacial score (nSPS) is 18.3. The van der Waals surface area contributed by atoms with E-state index in [1.165, 1.54) is 16.4 Å². The van der Waals surface area contributed by atoms with Gasteiger partial charge in [-0.3, -0.25) is 4.79 Å². The van der Waals surface area contributed by atoms with Crippen molar-refractivity contribution in [1.29, 1.82) is 0 Å². The maximum Gasteiger partial charge on any atom is 0.306 e. The van der Waals surface area contributed by atoms with E-state index < -0.39 is 27.7 Å². The Bertz CT molecular complexity index is 657. The Morgan fingerprint density at radius 1 is 1.33 bits per heavy atom. The summed E-state index contributed by atoms with van der Waals surface area (Å²) in [6.45, 7) is 5.06. The van der Waals surface area contributed by atoms with E-state index in [0.717, 1.165) is 0 Å². The van der Waals surface area contributed by atoms with Gasteiger partial charge in [0.15, 0.2) is 0 Å². The van der Waals surface area contributed by atoms with Crippen LogP contribution in [0.4, 0.5) is 4.39 Å². The summed E-state index contributed by atoms with van der Waals surface area (Å²) in [7, 11) is -3.70. The van der Waals surface area contributed by atoms with Crippen LogP contribution in [0, 0.1) is 31.5 Å². The molecule has 21 heavy (non-hydrogen) atoms. The van der Waals surface area contributed by atoms with Crippen molar-refractivity contribution in [3.63, 3.8) is 0 Å². The van der Waals surface area contributed by atoms with Crippen LogP contribution < -0.4 is 0 Å². The molecule has 0 amide bonds. The van der Waals surface area contributed by atoms with E-state index in [1.54, 1.807) is 20.8 Å². The smallest absolute Gasteiger partial charge is 0.306 e. The van der Waals surface area contributed by atoms with Crippen molar-refractivity contribution in [2.24, 2.45) is 11.8 Å². The van der Waals surface area contributed by atoms with Crippen LogP contribution in [0.1, 0.15) is 18.1 Å². The first-order valence-corrected chi connectivity index (χ1v) is 8.08. The Morgan fingerprint density at radius 3 is 2.24 bits per heavy atom. The average molecular weight is 315 g/mol. The second kappa shape index (κ2) is 5.38. The summed E-state index contributed by atoms with van der Waals surface area (Å²) in [5.74, 6) is -2.15. The third-order valence-electron chi connectivity index (χ3n) is 4.00. The first kappa shape index (κ1) is 15.9. The Balaban J connectivity index is 2.24. The second-order valence-corrected chi connectivity index (χ2v) is 7.45. The van der Waals surface area contributed by atoms with Gasteiger partial charge in [-0.2, -0.15) is 4.31 Å². The number of carbonyl (C=O) groups is 1. The molecule has 1 aliphatic heterocycles. The third kappa shape index (κ3) is 2.80. The molecule has 1 N–H and O–H groups in total. The van der Waals surface area contributed by atoms with E-state index in [2.05, 4.69) is 0 Å². The number of benzene rings is 1. The molecule has 1 aromatic carbocycles. The molecule has 5 nitrogen and oxygen atoms in total. The van der Waals surface area contributed by atoms with Gasteiger partial charge in [0, 0.05) is 13.1 Å². The molecule has 7 heteroatoms. The minimum Gasteiger partial charge on any atom is -0.481 e. The highest BCUT2D eigenvalue weighted by molar-refractivity contribution is 7.89. The number of carboxylic acids is 1. The number of halogens is 1.